The molecule has 5 nitrogen and oxygen atoms in total. The summed E-state index contributed by atoms with van der Waals surface area (Å²) in [5, 5.41) is 4.72. The number of hydrogen-bond donors (Lipinski definition) is 1. The largest absolute Gasteiger partial charge is 0.324 e. The van der Waals surface area contributed by atoms with Crippen LogP contribution in [0.15, 0.2) is 64.2 Å². The summed E-state index contributed by atoms with van der Waals surface area (Å²) < 4.78 is 41.0. The average molecular weight is 459 g/mol. The normalized spacial score (nSPS) is 11.2. The van der Waals surface area contributed by atoms with Gasteiger partial charge in [0.2, 0.25) is 5.91 Å². The minimum absolute atomic E-state index is 0.00523. The van der Waals surface area contributed by atoms with Crippen molar-refractivity contribution in [1.29, 1.82) is 0 Å². The molecule has 0 unspecified atom stereocenters. The number of amides is 1. The summed E-state index contributed by atoms with van der Waals surface area (Å²) in [6, 6.07) is 12.7. The second kappa shape index (κ2) is 8.48. The topological polar surface area (TPSA) is 66.5 Å². The fraction of sp³-hybridized carbons (Fsp3) is 0.0556. The van der Waals surface area contributed by atoms with Gasteiger partial charge in [-0.25, -0.2) is 12.8 Å². The van der Waals surface area contributed by atoms with Crippen LogP contribution in [-0.4, -0.2) is 20.9 Å². The number of benzene rings is 2. The maximum absolute atomic E-state index is 14.3. The van der Waals surface area contributed by atoms with Crippen molar-refractivity contribution < 1.29 is 17.6 Å². The summed E-state index contributed by atoms with van der Waals surface area (Å²) in [5.74, 6) is -1.44. The summed E-state index contributed by atoms with van der Waals surface area (Å²) in [4.78, 5) is 12.5. The molecule has 0 aliphatic heterocycles. The third-order valence-electron chi connectivity index (χ3n) is 3.59. The van der Waals surface area contributed by atoms with Crippen molar-refractivity contribution in [2.75, 3.05) is 16.2 Å². The molecule has 0 fully saturated rings. The van der Waals surface area contributed by atoms with Gasteiger partial charge in [0.25, 0.3) is 10.0 Å². The summed E-state index contributed by atoms with van der Waals surface area (Å²) in [6.45, 7) is -0.634. The smallest absolute Gasteiger partial charge is 0.274 e. The van der Waals surface area contributed by atoms with Crippen LogP contribution in [0.4, 0.5) is 15.8 Å². The number of nitrogens with zero attached hydrogens (tertiary/aromatic N) is 1. The standard InChI is InChI=1S/C18H13Cl2FN2O3S2/c19-12-8-13(20)10-14(9-12)22-17(24)11-23(16-5-2-1-4-15(16)21)28(25,26)18-6-3-7-27-18/h1-10H,11H2,(H,22,24). The molecule has 10 heteroatoms. The van der Waals surface area contributed by atoms with Gasteiger partial charge in [0.1, 0.15) is 16.6 Å². The molecule has 0 aliphatic carbocycles. The number of carbonyl (C=O) groups excluding carboxylic acids is 1. The van der Waals surface area contributed by atoms with Crippen LogP contribution in [-0.2, 0) is 14.8 Å². The van der Waals surface area contributed by atoms with E-state index in [4.69, 9.17) is 23.2 Å². The van der Waals surface area contributed by atoms with E-state index < -0.39 is 28.3 Å². The minimum atomic E-state index is -4.14. The molecule has 146 valence electrons. The van der Waals surface area contributed by atoms with Gasteiger partial charge in [0.15, 0.2) is 0 Å². The molecule has 1 aromatic heterocycles. The molecular formula is C18H13Cl2FN2O3S2. The lowest BCUT2D eigenvalue weighted by molar-refractivity contribution is -0.114. The van der Waals surface area contributed by atoms with E-state index in [-0.39, 0.29) is 9.90 Å². The molecule has 0 spiro atoms. The SMILES string of the molecule is O=C(CN(c1ccccc1F)S(=O)(=O)c1cccs1)Nc1cc(Cl)cc(Cl)c1. The van der Waals surface area contributed by atoms with Gasteiger partial charge in [0, 0.05) is 15.7 Å². The molecule has 2 aromatic carbocycles. The molecular weight excluding hydrogens is 446 g/mol. The Morgan fingerprint density at radius 3 is 2.36 bits per heavy atom. The number of para-hydroxylation sites is 1. The van der Waals surface area contributed by atoms with Gasteiger partial charge in [-0.3, -0.25) is 9.10 Å². The number of hydrogen-bond acceptors (Lipinski definition) is 4. The third kappa shape index (κ3) is 4.64. The number of halogens is 3. The Kier molecular flexibility index (Phi) is 6.24. The molecule has 28 heavy (non-hydrogen) atoms. The van der Waals surface area contributed by atoms with Crippen LogP contribution in [0.1, 0.15) is 0 Å². The lowest BCUT2D eigenvalue weighted by Crippen LogP contribution is -2.38. The van der Waals surface area contributed by atoms with E-state index in [1.807, 2.05) is 0 Å². The molecule has 0 bridgehead atoms. The van der Waals surface area contributed by atoms with Crippen LogP contribution in [0, 0.1) is 5.82 Å². The van der Waals surface area contributed by atoms with Gasteiger partial charge in [-0.2, -0.15) is 0 Å². The summed E-state index contributed by atoms with van der Waals surface area (Å²) in [6.07, 6.45) is 0. The molecule has 1 amide bonds. The number of anilines is 2. The summed E-state index contributed by atoms with van der Waals surface area (Å²) in [7, 11) is -4.14. The van der Waals surface area contributed by atoms with Crippen molar-refractivity contribution in [3.63, 3.8) is 0 Å². The molecule has 1 heterocycles. The zero-order valence-corrected chi connectivity index (χ0v) is 17.2. The Labute approximate surface area is 175 Å². The quantitative estimate of drug-likeness (QED) is 0.563. The molecule has 0 aliphatic rings. The first kappa shape index (κ1) is 20.6. The molecule has 0 saturated carbocycles. The van der Waals surface area contributed by atoms with E-state index in [9.17, 15) is 17.6 Å². The highest BCUT2D eigenvalue weighted by Crippen LogP contribution is 2.29. The molecule has 0 saturated heterocycles. The Morgan fingerprint density at radius 1 is 1.07 bits per heavy atom. The van der Waals surface area contributed by atoms with E-state index in [0.29, 0.717) is 15.7 Å². The van der Waals surface area contributed by atoms with Gasteiger partial charge in [-0.15, -0.1) is 11.3 Å². The van der Waals surface area contributed by atoms with E-state index in [1.54, 1.807) is 11.4 Å². The van der Waals surface area contributed by atoms with Crippen molar-refractivity contribution in [2.24, 2.45) is 0 Å². The van der Waals surface area contributed by atoms with Crippen LogP contribution < -0.4 is 9.62 Å². The maximum atomic E-state index is 14.3. The lowest BCUT2D eigenvalue weighted by atomic mass is 10.3. The fourth-order valence-corrected chi connectivity index (χ4v) is 5.49. The first-order valence-corrected chi connectivity index (χ1v) is 10.9. The van der Waals surface area contributed by atoms with E-state index in [2.05, 4.69) is 5.32 Å². The fourth-order valence-electron chi connectivity index (χ4n) is 2.43. The first-order valence-electron chi connectivity index (χ1n) is 7.84. The van der Waals surface area contributed by atoms with E-state index in [0.717, 1.165) is 21.7 Å². The number of rotatable bonds is 6. The number of thiophene rings is 1. The van der Waals surface area contributed by atoms with Gasteiger partial charge in [-0.05, 0) is 41.8 Å². The predicted molar refractivity (Wildman–Crippen MR) is 110 cm³/mol. The van der Waals surface area contributed by atoms with Crippen molar-refractivity contribution in [3.05, 3.63) is 75.8 Å². The number of sulfonamides is 1. The molecule has 0 radical (unpaired) electrons. The number of carbonyl (C=O) groups is 1. The number of nitrogens with one attached hydrogen (secondary N) is 1. The van der Waals surface area contributed by atoms with Crippen molar-refractivity contribution >= 4 is 61.8 Å². The van der Waals surface area contributed by atoms with E-state index in [1.165, 1.54) is 42.5 Å². The highest BCUT2D eigenvalue weighted by molar-refractivity contribution is 7.94. The van der Waals surface area contributed by atoms with Crippen molar-refractivity contribution in [1.82, 2.24) is 0 Å². The zero-order valence-electron chi connectivity index (χ0n) is 14.1. The second-order valence-corrected chi connectivity index (χ2v) is 9.51. The van der Waals surface area contributed by atoms with Crippen LogP contribution in [0.3, 0.4) is 0 Å². The van der Waals surface area contributed by atoms with Crippen LogP contribution in [0.25, 0.3) is 0 Å². The lowest BCUT2D eigenvalue weighted by Gasteiger charge is -2.23. The Hall–Kier alpha value is -2.13. The molecule has 0 atom stereocenters. The highest BCUT2D eigenvalue weighted by atomic mass is 35.5. The molecule has 1 N–H and O–H groups in total. The second-order valence-electron chi connectivity index (χ2n) is 5.60. The highest BCUT2D eigenvalue weighted by Gasteiger charge is 2.29. The predicted octanol–water partition coefficient (Wildman–Crippen LogP) is 5.03. The monoisotopic (exact) mass is 458 g/mol. The van der Waals surface area contributed by atoms with Crippen molar-refractivity contribution in [2.45, 2.75) is 4.21 Å². The Morgan fingerprint density at radius 2 is 1.75 bits per heavy atom. The van der Waals surface area contributed by atoms with Gasteiger partial charge < -0.3 is 5.32 Å². The zero-order chi connectivity index (χ0) is 20.3. The van der Waals surface area contributed by atoms with Crippen LogP contribution in [0.2, 0.25) is 10.0 Å². The van der Waals surface area contributed by atoms with Crippen LogP contribution >= 0.6 is 34.5 Å². The average Bonchev–Trinajstić information content (AvgIpc) is 3.15. The molecule has 3 aromatic rings. The van der Waals surface area contributed by atoms with Gasteiger partial charge in [-0.1, -0.05) is 41.4 Å². The summed E-state index contributed by atoms with van der Waals surface area (Å²) in [5.41, 5.74) is 0.0691. The minimum Gasteiger partial charge on any atom is -0.324 e. The maximum Gasteiger partial charge on any atom is 0.274 e. The van der Waals surface area contributed by atoms with Crippen molar-refractivity contribution in [3.8, 4) is 0 Å². The molecule has 3 rings (SSSR count). The van der Waals surface area contributed by atoms with Crippen LogP contribution in [0.5, 0.6) is 0 Å². The first-order chi connectivity index (χ1) is 13.3. The Bertz CT molecular complexity index is 1090. The Balaban J connectivity index is 1.94. The van der Waals surface area contributed by atoms with Gasteiger partial charge >= 0.3 is 0 Å². The summed E-state index contributed by atoms with van der Waals surface area (Å²) >= 11 is 12.8. The van der Waals surface area contributed by atoms with E-state index >= 15 is 0 Å². The van der Waals surface area contributed by atoms with Gasteiger partial charge in [0.05, 0.1) is 5.69 Å². The third-order valence-corrected chi connectivity index (χ3v) is 7.16.